The average Bonchev–Trinajstić information content (AvgIpc) is 2.92. The molecule has 1 saturated heterocycles. The number of amides is 1. The Morgan fingerprint density at radius 3 is 3.05 bits per heavy atom. The zero-order valence-corrected chi connectivity index (χ0v) is 12.0. The van der Waals surface area contributed by atoms with Crippen LogP contribution in [0.3, 0.4) is 0 Å². The highest BCUT2D eigenvalue weighted by Gasteiger charge is 2.14. The molecule has 1 fully saturated rings. The summed E-state index contributed by atoms with van der Waals surface area (Å²) in [6.07, 6.45) is 4.65. The number of carbonyl (C=O) groups excluding carboxylic acids is 1. The lowest BCUT2D eigenvalue weighted by Crippen LogP contribution is -2.28. The Morgan fingerprint density at radius 2 is 2.35 bits per heavy atom. The van der Waals surface area contributed by atoms with Gasteiger partial charge < -0.3 is 10.6 Å². The highest BCUT2D eigenvalue weighted by atomic mass is 19.1. The predicted molar refractivity (Wildman–Crippen MR) is 78.1 cm³/mol. The van der Waals surface area contributed by atoms with Gasteiger partial charge in [-0.05, 0) is 62.4 Å². The third-order valence-corrected chi connectivity index (χ3v) is 3.90. The van der Waals surface area contributed by atoms with Crippen LogP contribution in [0.1, 0.15) is 36.8 Å². The lowest BCUT2D eigenvalue weighted by molar-refractivity contribution is -0.121. The molecule has 1 amide bonds. The van der Waals surface area contributed by atoms with Crippen molar-refractivity contribution in [3.63, 3.8) is 0 Å². The maximum atomic E-state index is 13.0. The Balaban J connectivity index is 1.65. The molecular formula is C16H23FN2O. The van der Waals surface area contributed by atoms with E-state index in [0.29, 0.717) is 19.0 Å². The molecule has 1 heterocycles. The largest absolute Gasteiger partial charge is 0.356 e. The summed E-state index contributed by atoms with van der Waals surface area (Å²) in [6, 6.07) is 5.30. The van der Waals surface area contributed by atoms with E-state index in [1.807, 2.05) is 6.92 Å². The van der Waals surface area contributed by atoms with Crippen molar-refractivity contribution in [2.24, 2.45) is 0 Å². The molecule has 110 valence electrons. The molecule has 2 rings (SSSR count). The van der Waals surface area contributed by atoms with Crippen molar-refractivity contribution in [2.45, 2.75) is 45.1 Å². The van der Waals surface area contributed by atoms with Crippen LogP contribution in [0, 0.1) is 12.7 Å². The molecule has 1 atom stereocenters. The summed E-state index contributed by atoms with van der Waals surface area (Å²) < 4.78 is 13.0. The molecule has 0 saturated carbocycles. The van der Waals surface area contributed by atoms with Gasteiger partial charge in [0.1, 0.15) is 5.82 Å². The van der Waals surface area contributed by atoms with Crippen LogP contribution in [0.5, 0.6) is 0 Å². The number of aryl methyl sites for hydroxylation is 1. The second-order valence-corrected chi connectivity index (χ2v) is 5.50. The Hall–Kier alpha value is -1.42. The summed E-state index contributed by atoms with van der Waals surface area (Å²) in [7, 11) is 0. The van der Waals surface area contributed by atoms with Crippen LogP contribution in [0.2, 0.25) is 0 Å². The maximum absolute atomic E-state index is 13.0. The minimum Gasteiger partial charge on any atom is -0.356 e. The standard InChI is InChI=1S/C16H23FN2O/c1-12-11-14(17)5-4-13(12)8-10-19-16(20)7-6-15-3-2-9-18-15/h4-5,11,15,18H,2-3,6-10H2,1H3,(H,19,20). The van der Waals surface area contributed by atoms with Gasteiger partial charge in [0.2, 0.25) is 5.91 Å². The maximum Gasteiger partial charge on any atom is 0.220 e. The zero-order valence-electron chi connectivity index (χ0n) is 12.0. The van der Waals surface area contributed by atoms with Crippen molar-refractivity contribution in [1.29, 1.82) is 0 Å². The van der Waals surface area contributed by atoms with E-state index >= 15 is 0 Å². The fourth-order valence-electron chi connectivity index (χ4n) is 2.67. The van der Waals surface area contributed by atoms with Gasteiger partial charge in [-0.1, -0.05) is 6.07 Å². The molecule has 1 unspecified atom stereocenters. The second kappa shape index (κ2) is 7.39. The molecule has 0 spiro atoms. The Kier molecular flexibility index (Phi) is 5.53. The highest BCUT2D eigenvalue weighted by molar-refractivity contribution is 5.75. The number of benzene rings is 1. The number of hydrogen-bond donors (Lipinski definition) is 2. The van der Waals surface area contributed by atoms with E-state index in [0.717, 1.165) is 30.5 Å². The number of carbonyl (C=O) groups is 1. The third-order valence-electron chi connectivity index (χ3n) is 3.90. The van der Waals surface area contributed by atoms with Crippen LogP contribution in [-0.4, -0.2) is 25.0 Å². The van der Waals surface area contributed by atoms with Crippen LogP contribution in [0.25, 0.3) is 0 Å². The van der Waals surface area contributed by atoms with Gasteiger partial charge in [0.15, 0.2) is 0 Å². The Morgan fingerprint density at radius 1 is 1.50 bits per heavy atom. The molecule has 1 aromatic carbocycles. The SMILES string of the molecule is Cc1cc(F)ccc1CCNC(=O)CCC1CCCN1. The van der Waals surface area contributed by atoms with Gasteiger partial charge in [-0.3, -0.25) is 4.79 Å². The molecule has 20 heavy (non-hydrogen) atoms. The van der Waals surface area contributed by atoms with Gasteiger partial charge in [-0.2, -0.15) is 0 Å². The third kappa shape index (κ3) is 4.60. The first kappa shape index (κ1) is 15.0. The number of rotatable bonds is 6. The normalized spacial score (nSPS) is 18.2. The van der Waals surface area contributed by atoms with Crippen LogP contribution in [0.4, 0.5) is 4.39 Å². The van der Waals surface area contributed by atoms with Gasteiger partial charge >= 0.3 is 0 Å². The van der Waals surface area contributed by atoms with E-state index in [9.17, 15) is 9.18 Å². The van der Waals surface area contributed by atoms with E-state index in [-0.39, 0.29) is 11.7 Å². The van der Waals surface area contributed by atoms with Gasteiger partial charge in [0.05, 0.1) is 0 Å². The molecule has 1 aromatic rings. The van der Waals surface area contributed by atoms with Gasteiger partial charge in [0.25, 0.3) is 0 Å². The predicted octanol–water partition coefficient (Wildman–Crippen LogP) is 2.33. The van der Waals surface area contributed by atoms with E-state index < -0.39 is 0 Å². The minimum atomic E-state index is -0.209. The summed E-state index contributed by atoms with van der Waals surface area (Å²) in [5.74, 6) is -0.0992. The molecule has 3 nitrogen and oxygen atoms in total. The van der Waals surface area contributed by atoms with E-state index in [1.165, 1.54) is 25.0 Å². The Bertz CT molecular complexity index is 456. The van der Waals surface area contributed by atoms with Crippen molar-refractivity contribution in [1.82, 2.24) is 10.6 Å². The van der Waals surface area contributed by atoms with Crippen LogP contribution < -0.4 is 10.6 Å². The second-order valence-electron chi connectivity index (χ2n) is 5.50. The molecule has 1 aliphatic heterocycles. The highest BCUT2D eigenvalue weighted by Crippen LogP contribution is 2.11. The molecule has 4 heteroatoms. The molecule has 0 radical (unpaired) electrons. The van der Waals surface area contributed by atoms with Crippen molar-refractivity contribution in [3.05, 3.63) is 35.1 Å². The van der Waals surface area contributed by atoms with E-state index in [1.54, 1.807) is 6.07 Å². The number of hydrogen-bond acceptors (Lipinski definition) is 2. The molecule has 2 N–H and O–H groups in total. The quantitative estimate of drug-likeness (QED) is 0.838. The van der Waals surface area contributed by atoms with Crippen molar-refractivity contribution < 1.29 is 9.18 Å². The first-order valence-corrected chi connectivity index (χ1v) is 7.40. The van der Waals surface area contributed by atoms with Gasteiger partial charge in [-0.25, -0.2) is 4.39 Å². The monoisotopic (exact) mass is 278 g/mol. The molecule has 0 aliphatic carbocycles. The zero-order chi connectivity index (χ0) is 14.4. The summed E-state index contributed by atoms with van der Waals surface area (Å²) >= 11 is 0. The van der Waals surface area contributed by atoms with Gasteiger partial charge in [-0.15, -0.1) is 0 Å². The van der Waals surface area contributed by atoms with Gasteiger partial charge in [0, 0.05) is 19.0 Å². The van der Waals surface area contributed by atoms with E-state index in [2.05, 4.69) is 10.6 Å². The summed E-state index contributed by atoms with van der Waals surface area (Å²) in [5.41, 5.74) is 2.03. The van der Waals surface area contributed by atoms with Crippen molar-refractivity contribution in [3.8, 4) is 0 Å². The summed E-state index contributed by atoms with van der Waals surface area (Å²) in [4.78, 5) is 11.7. The molecule has 0 aromatic heterocycles. The molecule has 1 aliphatic rings. The Labute approximate surface area is 120 Å². The summed E-state index contributed by atoms with van der Waals surface area (Å²) in [6.45, 7) is 3.59. The lowest BCUT2D eigenvalue weighted by Gasteiger charge is -2.10. The topological polar surface area (TPSA) is 41.1 Å². The minimum absolute atomic E-state index is 0.110. The average molecular weight is 278 g/mol. The van der Waals surface area contributed by atoms with Crippen LogP contribution >= 0.6 is 0 Å². The fraction of sp³-hybridized carbons (Fsp3) is 0.562. The van der Waals surface area contributed by atoms with Crippen molar-refractivity contribution >= 4 is 5.91 Å². The molecule has 0 bridgehead atoms. The fourth-order valence-corrected chi connectivity index (χ4v) is 2.67. The first-order valence-electron chi connectivity index (χ1n) is 7.40. The van der Waals surface area contributed by atoms with Crippen LogP contribution in [0.15, 0.2) is 18.2 Å². The molecular weight excluding hydrogens is 255 g/mol. The number of halogens is 1. The van der Waals surface area contributed by atoms with Crippen molar-refractivity contribution in [2.75, 3.05) is 13.1 Å². The number of nitrogens with one attached hydrogen (secondary N) is 2. The van der Waals surface area contributed by atoms with Crippen LogP contribution in [-0.2, 0) is 11.2 Å². The summed E-state index contributed by atoms with van der Waals surface area (Å²) in [5, 5.41) is 6.33. The smallest absolute Gasteiger partial charge is 0.220 e. The van der Waals surface area contributed by atoms with E-state index in [4.69, 9.17) is 0 Å². The first-order chi connectivity index (χ1) is 9.65. The lowest BCUT2D eigenvalue weighted by atomic mass is 10.1.